The fraction of sp³-hybridized carbons (Fsp3) is 0.350. The molecule has 0 saturated heterocycles. The molecule has 2 aromatic carbocycles. The molecular formula is C20H22N2O6. The average molecular weight is 386 g/mol. The summed E-state index contributed by atoms with van der Waals surface area (Å²) in [6, 6.07) is 12.7. The zero-order valence-electron chi connectivity index (χ0n) is 15.6. The molecule has 0 radical (unpaired) electrons. The second-order valence-corrected chi connectivity index (χ2v) is 6.30. The standard InChI is InChI=1S/C20H22N2O6/c1-2-26-19(23)10-16-17(22(24)25)8-9-18-20(16)28-15(13-27-18)12-21-11-14-6-4-3-5-7-14/h3-9,15,21H,2,10-13H2,1H3/t15-/m0/s1. The lowest BCUT2D eigenvalue weighted by atomic mass is 10.1. The van der Waals surface area contributed by atoms with Gasteiger partial charge in [0.25, 0.3) is 5.69 Å². The summed E-state index contributed by atoms with van der Waals surface area (Å²) in [7, 11) is 0. The van der Waals surface area contributed by atoms with Crippen molar-refractivity contribution in [3.63, 3.8) is 0 Å². The van der Waals surface area contributed by atoms with Gasteiger partial charge in [0, 0.05) is 19.2 Å². The minimum absolute atomic E-state index is 0.175. The average Bonchev–Trinajstić information content (AvgIpc) is 2.69. The normalized spacial score (nSPS) is 15.1. The number of nitro benzene ring substituents is 1. The van der Waals surface area contributed by atoms with E-state index < -0.39 is 10.9 Å². The van der Waals surface area contributed by atoms with Crippen molar-refractivity contribution in [3.05, 3.63) is 63.7 Å². The molecule has 1 N–H and O–H groups in total. The molecule has 2 aromatic rings. The third kappa shape index (κ3) is 4.77. The Morgan fingerprint density at radius 1 is 1.29 bits per heavy atom. The van der Waals surface area contributed by atoms with Crippen molar-refractivity contribution in [2.75, 3.05) is 19.8 Å². The van der Waals surface area contributed by atoms with E-state index in [9.17, 15) is 14.9 Å². The molecule has 1 aliphatic rings. The van der Waals surface area contributed by atoms with Crippen molar-refractivity contribution < 1.29 is 23.9 Å². The molecule has 1 heterocycles. The second-order valence-electron chi connectivity index (χ2n) is 6.30. The number of hydrogen-bond acceptors (Lipinski definition) is 7. The molecule has 28 heavy (non-hydrogen) atoms. The number of nitrogens with zero attached hydrogens (tertiary/aromatic N) is 1. The Hall–Kier alpha value is -3.13. The van der Waals surface area contributed by atoms with E-state index in [4.69, 9.17) is 14.2 Å². The van der Waals surface area contributed by atoms with Gasteiger partial charge in [-0.2, -0.15) is 0 Å². The molecule has 1 atom stereocenters. The van der Waals surface area contributed by atoms with Gasteiger partial charge in [0.1, 0.15) is 12.7 Å². The highest BCUT2D eigenvalue weighted by atomic mass is 16.6. The molecule has 0 aromatic heterocycles. The predicted molar refractivity (Wildman–Crippen MR) is 101 cm³/mol. The summed E-state index contributed by atoms with van der Waals surface area (Å²) in [5, 5.41) is 14.7. The van der Waals surface area contributed by atoms with Gasteiger partial charge < -0.3 is 19.5 Å². The molecule has 0 fully saturated rings. The maximum absolute atomic E-state index is 11.9. The second kappa shape index (κ2) is 9.18. The van der Waals surface area contributed by atoms with Crippen molar-refractivity contribution in [1.82, 2.24) is 5.32 Å². The van der Waals surface area contributed by atoms with Crippen LogP contribution in [-0.2, 0) is 22.5 Å². The van der Waals surface area contributed by atoms with E-state index in [1.54, 1.807) is 6.92 Å². The minimum atomic E-state index is -0.549. The lowest BCUT2D eigenvalue weighted by Gasteiger charge is -2.28. The number of ether oxygens (including phenoxy) is 3. The molecule has 3 rings (SSSR count). The SMILES string of the molecule is CCOC(=O)Cc1c([N+](=O)[O-])ccc2c1O[C@@H](CNCc1ccccc1)CO2. The Morgan fingerprint density at radius 2 is 2.07 bits per heavy atom. The molecule has 148 valence electrons. The number of nitrogens with one attached hydrogen (secondary N) is 1. The molecule has 0 unspecified atom stereocenters. The van der Waals surface area contributed by atoms with Crippen LogP contribution in [0, 0.1) is 10.1 Å². The third-order valence-corrected chi connectivity index (χ3v) is 4.28. The fourth-order valence-corrected chi connectivity index (χ4v) is 2.99. The van der Waals surface area contributed by atoms with Crippen molar-refractivity contribution in [1.29, 1.82) is 0 Å². The Kier molecular flexibility index (Phi) is 6.44. The highest BCUT2D eigenvalue weighted by Crippen LogP contribution is 2.40. The van der Waals surface area contributed by atoms with Gasteiger partial charge in [-0.1, -0.05) is 30.3 Å². The number of carbonyl (C=O) groups is 1. The third-order valence-electron chi connectivity index (χ3n) is 4.28. The Labute approximate surface area is 162 Å². The van der Waals surface area contributed by atoms with E-state index >= 15 is 0 Å². The number of rotatable bonds is 8. The molecule has 1 aliphatic heterocycles. The topological polar surface area (TPSA) is 99.9 Å². The van der Waals surface area contributed by atoms with Crippen LogP contribution in [0.25, 0.3) is 0 Å². The summed E-state index contributed by atoms with van der Waals surface area (Å²) in [6.45, 7) is 3.35. The van der Waals surface area contributed by atoms with Crippen molar-refractivity contribution in [2.24, 2.45) is 0 Å². The minimum Gasteiger partial charge on any atom is -0.486 e. The zero-order valence-corrected chi connectivity index (χ0v) is 15.6. The molecule has 0 spiro atoms. The Morgan fingerprint density at radius 3 is 2.79 bits per heavy atom. The maximum atomic E-state index is 11.9. The van der Waals surface area contributed by atoms with Crippen molar-refractivity contribution >= 4 is 11.7 Å². The summed E-state index contributed by atoms with van der Waals surface area (Å²) < 4.78 is 16.6. The summed E-state index contributed by atoms with van der Waals surface area (Å²) in [6.07, 6.45) is -0.583. The highest BCUT2D eigenvalue weighted by Gasteiger charge is 2.30. The predicted octanol–water partition coefficient (Wildman–Crippen LogP) is 2.63. The van der Waals surface area contributed by atoms with Gasteiger partial charge in [0.2, 0.25) is 0 Å². The molecule has 0 saturated carbocycles. The van der Waals surface area contributed by atoms with Gasteiger partial charge in [-0.25, -0.2) is 0 Å². The number of benzene rings is 2. The van der Waals surface area contributed by atoms with Crippen LogP contribution in [0.4, 0.5) is 5.69 Å². The molecule has 0 amide bonds. The largest absolute Gasteiger partial charge is 0.486 e. The van der Waals surface area contributed by atoms with Gasteiger partial charge >= 0.3 is 5.97 Å². The number of hydrogen-bond donors (Lipinski definition) is 1. The smallest absolute Gasteiger partial charge is 0.310 e. The van der Waals surface area contributed by atoms with Crippen LogP contribution in [0.2, 0.25) is 0 Å². The highest BCUT2D eigenvalue weighted by molar-refractivity contribution is 5.77. The van der Waals surface area contributed by atoms with Crippen molar-refractivity contribution in [3.8, 4) is 11.5 Å². The van der Waals surface area contributed by atoms with E-state index in [1.165, 1.54) is 12.1 Å². The van der Waals surface area contributed by atoms with Crippen LogP contribution in [-0.4, -0.2) is 36.8 Å². The van der Waals surface area contributed by atoms with Crippen LogP contribution in [0.15, 0.2) is 42.5 Å². The van der Waals surface area contributed by atoms with Crippen LogP contribution < -0.4 is 14.8 Å². The fourth-order valence-electron chi connectivity index (χ4n) is 2.99. The van der Waals surface area contributed by atoms with E-state index in [1.807, 2.05) is 30.3 Å². The van der Waals surface area contributed by atoms with Gasteiger partial charge in [-0.15, -0.1) is 0 Å². The van der Waals surface area contributed by atoms with Crippen LogP contribution >= 0.6 is 0 Å². The van der Waals surface area contributed by atoms with Gasteiger partial charge in [0.15, 0.2) is 11.5 Å². The van der Waals surface area contributed by atoms with Crippen LogP contribution in [0.1, 0.15) is 18.1 Å². The van der Waals surface area contributed by atoms with E-state index in [0.29, 0.717) is 25.4 Å². The maximum Gasteiger partial charge on any atom is 0.310 e. The first-order valence-electron chi connectivity index (χ1n) is 9.08. The summed E-state index contributed by atoms with van der Waals surface area (Å²) in [5.41, 5.74) is 1.13. The number of fused-ring (bicyclic) bond motifs is 1. The monoisotopic (exact) mass is 386 g/mol. The summed E-state index contributed by atoms with van der Waals surface area (Å²) >= 11 is 0. The lowest BCUT2D eigenvalue weighted by molar-refractivity contribution is -0.385. The first kappa shape index (κ1) is 19.6. The summed E-state index contributed by atoms with van der Waals surface area (Å²) in [5.74, 6) is 0.0798. The number of carbonyl (C=O) groups excluding carboxylic acids is 1. The first-order valence-corrected chi connectivity index (χ1v) is 9.08. The lowest BCUT2D eigenvalue weighted by Crippen LogP contribution is -2.38. The quantitative estimate of drug-likeness (QED) is 0.423. The van der Waals surface area contributed by atoms with Crippen LogP contribution in [0.3, 0.4) is 0 Å². The van der Waals surface area contributed by atoms with Crippen molar-refractivity contribution in [2.45, 2.75) is 26.0 Å². The molecule has 0 aliphatic carbocycles. The summed E-state index contributed by atoms with van der Waals surface area (Å²) in [4.78, 5) is 22.8. The number of nitro groups is 1. The Bertz CT molecular complexity index is 840. The van der Waals surface area contributed by atoms with Crippen LogP contribution in [0.5, 0.6) is 11.5 Å². The van der Waals surface area contributed by atoms with Gasteiger partial charge in [-0.05, 0) is 18.6 Å². The van der Waals surface area contributed by atoms with Gasteiger partial charge in [0.05, 0.1) is 23.5 Å². The van der Waals surface area contributed by atoms with Gasteiger partial charge in [-0.3, -0.25) is 14.9 Å². The van der Waals surface area contributed by atoms with E-state index in [-0.39, 0.29) is 36.1 Å². The van der Waals surface area contributed by atoms with E-state index in [0.717, 1.165) is 5.56 Å². The number of esters is 1. The molecule has 0 bridgehead atoms. The Balaban J connectivity index is 1.73. The molecule has 8 heteroatoms. The van der Waals surface area contributed by atoms with E-state index in [2.05, 4.69) is 5.32 Å². The molecule has 8 nitrogen and oxygen atoms in total. The zero-order chi connectivity index (χ0) is 19.9. The molecular weight excluding hydrogens is 364 g/mol. The first-order chi connectivity index (χ1) is 13.6.